The van der Waals surface area contributed by atoms with E-state index in [2.05, 4.69) is 4.90 Å². The topological polar surface area (TPSA) is 114 Å². The molecule has 0 amide bonds. The lowest BCUT2D eigenvalue weighted by Crippen LogP contribution is -2.48. The number of hydrogen-bond acceptors (Lipinski definition) is 7. The van der Waals surface area contributed by atoms with E-state index in [0.717, 1.165) is 28.1 Å². The van der Waals surface area contributed by atoms with Gasteiger partial charge in [0.2, 0.25) is 10.0 Å². The molecule has 4 rings (SSSR count). The van der Waals surface area contributed by atoms with Gasteiger partial charge >= 0.3 is 5.63 Å². The highest BCUT2D eigenvalue weighted by molar-refractivity contribution is 7.89. The number of fused-ring (bicyclic) bond motifs is 1. The van der Waals surface area contributed by atoms with Gasteiger partial charge in [0.05, 0.1) is 9.82 Å². The van der Waals surface area contributed by atoms with Crippen molar-refractivity contribution in [3.8, 4) is 0 Å². The van der Waals surface area contributed by atoms with Crippen LogP contribution in [0.25, 0.3) is 11.0 Å². The minimum absolute atomic E-state index is 0.0855. The maximum absolute atomic E-state index is 12.9. The van der Waals surface area contributed by atoms with E-state index < -0.39 is 20.6 Å². The summed E-state index contributed by atoms with van der Waals surface area (Å²) in [6.45, 7) is 5.91. The summed E-state index contributed by atoms with van der Waals surface area (Å²) >= 11 is 0. The van der Waals surface area contributed by atoms with Gasteiger partial charge in [0, 0.05) is 56.3 Å². The molecule has 0 atom stereocenters. The van der Waals surface area contributed by atoms with Gasteiger partial charge in [-0.2, -0.15) is 4.31 Å². The molecule has 1 aliphatic rings. The molecule has 0 unspecified atom stereocenters. The summed E-state index contributed by atoms with van der Waals surface area (Å²) in [6, 6.07) is 10.4. The van der Waals surface area contributed by atoms with Crippen LogP contribution in [0.5, 0.6) is 0 Å². The monoisotopic (exact) mass is 457 g/mol. The van der Waals surface area contributed by atoms with Crippen LogP contribution in [-0.2, 0) is 16.6 Å². The predicted molar refractivity (Wildman–Crippen MR) is 119 cm³/mol. The number of nitro groups is 1. The van der Waals surface area contributed by atoms with Gasteiger partial charge in [-0.1, -0.05) is 6.07 Å². The largest absolute Gasteiger partial charge is 0.423 e. The van der Waals surface area contributed by atoms with Crippen molar-refractivity contribution in [2.45, 2.75) is 25.3 Å². The van der Waals surface area contributed by atoms with E-state index in [9.17, 15) is 23.3 Å². The molecule has 1 fully saturated rings. The van der Waals surface area contributed by atoms with Crippen LogP contribution < -0.4 is 5.63 Å². The molecule has 9 nitrogen and oxygen atoms in total. The van der Waals surface area contributed by atoms with E-state index in [1.165, 1.54) is 28.6 Å². The lowest BCUT2D eigenvalue weighted by atomic mass is 10.0. The molecule has 1 aromatic heterocycles. The van der Waals surface area contributed by atoms with Crippen LogP contribution in [0.15, 0.2) is 56.6 Å². The lowest BCUT2D eigenvalue weighted by Gasteiger charge is -2.34. The fourth-order valence-electron chi connectivity index (χ4n) is 3.89. The van der Waals surface area contributed by atoms with Crippen LogP contribution in [0, 0.1) is 24.0 Å². The van der Waals surface area contributed by atoms with Gasteiger partial charge in [0.25, 0.3) is 5.69 Å². The Morgan fingerprint density at radius 2 is 1.72 bits per heavy atom. The van der Waals surface area contributed by atoms with Gasteiger partial charge in [-0.05, 0) is 48.7 Å². The molecule has 0 bridgehead atoms. The lowest BCUT2D eigenvalue weighted by molar-refractivity contribution is -0.385. The summed E-state index contributed by atoms with van der Waals surface area (Å²) in [7, 11) is -3.83. The second-order valence-corrected chi connectivity index (χ2v) is 9.90. The Bertz CT molecular complexity index is 1360. The third-order valence-electron chi connectivity index (χ3n) is 5.84. The highest BCUT2D eigenvalue weighted by atomic mass is 32.2. The predicted octanol–water partition coefficient (Wildman–Crippen LogP) is 2.82. The zero-order chi connectivity index (χ0) is 23.0. The molecule has 2 heterocycles. The average molecular weight is 458 g/mol. The highest BCUT2D eigenvalue weighted by Gasteiger charge is 2.29. The smallest absolute Gasteiger partial charge is 0.336 e. The molecule has 0 saturated carbocycles. The van der Waals surface area contributed by atoms with Crippen molar-refractivity contribution in [1.82, 2.24) is 9.21 Å². The normalized spacial score (nSPS) is 15.8. The number of nitrogens with zero attached hydrogens (tertiary/aromatic N) is 3. The standard InChI is InChI=1S/C22H23N3O6S/c1-15-10-20-17(12-22(26)31-21(20)11-16(15)2)14-23-6-8-24(9-7-23)32(29,30)19-5-3-4-18(13-19)25(27)28/h3-5,10-13H,6-9,14H2,1-2H3. The third kappa shape index (κ3) is 4.29. The second kappa shape index (κ2) is 8.45. The molecule has 3 aromatic rings. The molecular formula is C22H23N3O6S. The van der Waals surface area contributed by atoms with Crippen LogP contribution in [0.3, 0.4) is 0 Å². The zero-order valence-corrected chi connectivity index (χ0v) is 18.6. The first-order valence-electron chi connectivity index (χ1n) is 10.2. The SMILES string of the molecule is Cc1cc2oc(=O)cc(CN3CCN(S(=O)(=O)c4cccc([N+](=O)[O-])c4)CC3)c2cc1C. The van der Waals surface area contributed by atoms with Crippen molar-refractivity contribution in [1.29, 1.82) is 0 Å². The molecule has 0 aliphatic carbocycles. The van der Waals surface area contributed by atoms with Gasteiger partial charge in [0.15, 0.2) is 0 Å². The Labute approximate surface area is 185 Å². The highest BCUT2D eigenvalue weighted by Crippen LogP contribution is 2.25. The van der Waals surface area contributed by atoms with Gasteiger partial charge < -0.3 is 4.42 Å². The molecule has 168 valence electrons. The average Bonchev–Trinajstić information content (AvgIpc) is 2.75. The maximum atomic E-state index is 12.9. The first-order valence-corrected chi connectivity index (χ1v) is 11.6. The first kappa shape index (κ1) is 22.1. The van der Waals surface area contributed by atoms with E-state index in [-0.39, 0.29) is 23.7 Å². The van der Waals surface area contributed by atoms with Crippen LogP contribution in [0.4, 0.5) is 5.69 Å². The molecule has 0 N–H and O–H groups in total. The molecule has 1 aliphatic heterocycles. The van der Waals surface area contributed by atoms with Gasteiger partial charge in [-0.3, -0.25) is 15.0 Å². The number of sulfonamides is 1. The summed E-state index contributed by atoms with van der Waals surface area (Å²) in [4.78, 5) is 24.4. The first-order chi connectivity index (χ1) is 15.1. The fourth-order valence-corrected chi connectivity index (χ4v) is 5.35. The minimum Gasteiger partial charge on any atom is -0.423 e. The summed E-state index contributed by atoms with van der Waals surface area (Å²) in [6.07, 6.45) is 0. The van der Waals surface area contributed by atoms with Gasteiger partial charge in [-0.15, -0.1) is 0 Å². The maximum Gasteiger partial charge on any atom is 0.336 e. The molecular weight excluding hydrogens is 434 g/mol. The van der Waals surface area contributed by atoms with E-state index in [4.69, 9.17) is 4.42 Å². The number of nitro benzene ring substituents is 1. The van der Waals surface area contributed by atoms with E-state index in [0.29, 0.717) is 25.2 Å². The van der Waals surface area contributed by atoms with Crippen LogP contribution >= 0.6 is 0 Å². The van der Waals surface area contributed by atoms with Crippen molar-refractivity contribution in [2.24, 2.45) is 0 Å². The number of hydrogen-bond donors (Lipinski definition) is 0. The van der Waals surface area contributed by atoms with Crippen molar-refractivity contribution in [2.75, 3.05) is 26.2 Å². The number of aryl methyl sites for hydroxylation is 2. The van der Waals surface area contributed by atoms with Crippen LogP contribution in [-0.4, -0.2) is 48.7 Å². The van der Waals surface area contributed by atoms with Gasteiger partial charge in [0.1, 0.15) is 5.58 Å². The summed E-state index contributed by atoms with van der Waals surface area (Å²) in [5.74, 6) is 0. The summed E-state index contributed by atoms with van der Waals surface area (Å²) in [5.41, 5.74) is 2.85. The van der Waals surface area contributed by atoms with Crippen molar-refractivity contribution in [3.63, 3.8) is 0 Å². The van der Waals surface area contributed by atoms with E-state index in [1.54, 1.807) is 0 Å². The summed E-state index contributed by atoms with van der Waals surface area (Å²) in [5, 5.41) is 11.9. The number of benzene rings is 2. The Balaban J connectivity index is 1.51. The number of piperazine rings is 1. The summed E-state index contributed by atoms with van der Waals surface area (Å²) < 4.78 is 32.6. The quantitative estimate of drug-likeness (QED) is 0.329. The van der Waals surface area contributed by atoms with Crippen molar-refractivity contribution < 1.29 is 17.8 Å². The minimum atomic E-state index is -3.83. The third-order valence-corrected chi connectivity index (χ3v) is 7.73. The molecule has 32 heavy (non-hydrogen) atoms. The Kier molecular flexibility index (Phi) is 5.85. The van der Waals surface area contributed by atoms with Gasteiger partial charge in [-0.25, -0.2) is 13.2 Å². The second-order valence-electron chi connectivity index (χ2n) is 7.96. The van der Waals surface area contributed by atoms with Crippen molar-refractivity contribution in [3.05, 3.63) is 79.7 Å². The Morgan fingerprint density at radius 1 is 1.03 bits per heavy atom. The molecule has 10 heteroatoms. The zero-order valence-electron chi connectivity index (χ0n) is 17.8. The number of non-ortho nitro benzene ring substituents is 1. The van der Waals surface area contributed by atoms with E-state index in [1.807, 2.05) is 26.0 Å². The molecule has 0 radical (unpaired) electrons. The molecule has 1 saturated heterocycles. The van der Waals surface area contributed by atoms with Crippen molar-refractivity contribution >= 4 is 26.7 Å². The Hall–Kier alpha value is -3.08. The molecule has 0 spiro atoms. The Morgan fingerprint density at radius 3 is 2.41 bits per heavy atom. The molecule has 2 aromatic carbocycles. The van der Waals surface area contributed by atoms with E-state index >= 15 is 0 Å². The fraction of sp³-hybridized carbons (Fsp3) is 0.318. The van der Waals surface area contributed by atoms with Crippen LogP contribution in [0.1, 0.15) is 16.7 Å². The number of rotatable bonds is 5. The van der Waals surface area contributed by atoms with Crippen LogP contribution in [0.2, 0.25) is 0 Å².